The number of nitrogens with one attached hydrogen (secondary N) is 1. The monoisotopic (exact) mass is 558 g/mol. The van der Waals surface area contributed by atoms with Gasteiger partial charge in [-0.05, 0) is 24.5 Å². The fraction of sp³-hybridized carbons (Fsp3) is 0.556. The molecule has 6 rings (SSSR count). The largest absolute Gasteiger partial charge is 1.00 e. The average molecular weight is 560 g/mol. The molecule has 4 heterocycles. The summed E-state index contributed by atoms with van der Waals surface area (Å²) >= 11 is 0. The molecule has 1 saturated carbocycles. The average Bonchev–Trinajstić information content (AvgIpc) is 2.90. The van der Waals surface area contributed by atoms with Gasteiger partial charge in [-0.2, -0.15) is 0 Å². The van der Waals surface area contributed by atoms with E-state index in [9.17, 15) is 14.7 Å². The van der Waals surface area contributed by atoms with Gasteiger partial charge in [-0.3, -0.25) is 4.79 Å². The molecular weight excluding hydrogens is 524 g/mol. The molecule has 2 atom stereocenters. The number of amides is 1. The van der Waals surface area contributed by atoms with Crippen LogP contribution < -0.4 is 22.3 Å². The first-order valence-electron chi connectivity index (χ1n) is 12.9. The predicted octanol–water partition coefficient (Wildman–Crippen LogP) is 0.0394. The number of piperidine rings is 3. The zero-order valence-electron chi connectivity index (χ0n) is 20.5. The number of halogens is 1. The molecule has 0 radical (unpaired) electrons. The maximum absolute atomic E-state index is 13.7. The number of esters is 1. The van der Waals surface area contributed by atoms with E-state index in [0.29, 0.717) is 29.0 Å². The number of carbonyl (C=O) groups excluding carboxylic acids is 2. The van der Waals surface area contributed by atoms with Crippen molar-refractivity contribution in [3.05, 3.63) is 54.5 Å². The maximum atomic E-state index is 13.7. The van der Waals surface area contributed by atoms with Crippen molar-refractivity contribution in [1.82, 2.24) is 9.97 Å². The zero-order chi connectivity index (χ0) is 24.3. The molecule has 194 valence electrons. The molecule has 2 aromatic rings. The van der Waals surface area contributed by atoms with Gasteiger partial charge in [0.2, 0.25) is 0 Å². The van der Waals surface area contributed by atoms with Crippen LogP contribution in [0.1, 0.15) is 50.5 Å². The smallest absolute Gasteiger partial charge is 0.343 e. The summed E-state index contributed by atoms with van der Waals surface area (Å²) in [6.45, 7) is 2.70. The van der Waals surface area contributed by atoms with Gasteiger partial charge in [-0.25, -0.2) is 14.8 Å². The van der Waals surface area contributed by atoms with E-state index < -0.39 is 11.6 Å². The molecule has 1 aromatic carbocycles. The molecular formula is C27H35BrN4O4. The molecule has 0 spiro atoms. The minimum Gasteiger partial charge on any atom is -1.00 e. The number of quaternary nitrogens is 1. The van der Waals surface area contributed by atoms with E-state index in [1.807, 2.05) is 30.3 Å². The van der Waals surface area contributed by atoms with Crippen LogP contribution in [-0.4, -0.2) is 63.7 Å². The van der Waals surface area contributed by atoms with E-state index >= 15 is 0 Å². The molecule has 3 aliphatic heterocycles. The van der Waals surface area contributed by atoms with Gasteiger partial charge in [-0.1, -0.05) is 49.6 Å². The first-order valence-corrected chi connectivity index (χ1v) is 12.9. The van der Waals surface area contributed by atoms with Gasteiger partial charge in [0, 0.05) is 30.9 Å². The molecule has 36 heavy (non-hydrogen) atoms. The summed E-state index contributed by atoms with van der Waals surface area (Å²) in [6.07, 6.45) is 9.32. The fourth-order valence-electron chi connectivity index (χ4n) is 6.39. The number of rotatable bonds is 7. The molecule has 9 heteroatoms. The highest BCUT2D eigenvalue weighted by Crippen LogP contribution is 2.42. The maximum Gasteiger partial charge on any atom is 0.343 e. The summed E-state index contributed by atoms with van der Waals surface area (Å²) in [5.74, 6) is -0.0159. The van der Waals surface area contributed by atoms with Crippen LogP contribution in [0.15, 0.2) is 48.9 Å². The minimum absolute atomic E-state index is 0. The van der Waals surface area contributed by atoms with Crippen molar-refractivity contribution in [3.8, 4) is 0 Å². The first-order chi connectivity index (χ1) is 17.0. The Morgan fingerprint density at radius 1 is 1.06 bits per heavy atom. The van der Waals surface area contributed by atoms with Gasteiger partial charge in [-0.15, -0.1) is 0 Å². The van der Waals surface area contributed by atoms with E-state index in [2.05, 4.69) is 15.3 Å². The Kier molecular flexibility index (Phi) is 8.42. The van der Waals surface area contributed by atoms with Crippen LogP contribution in [0.25, 0.3) is 0 Å². The van der Waals surface area contributed by atoms with Crippen molar-refractivity contribution < 1.29 is 40.9 Å². The SMILES string of the molecule is O=C(C[N+]12CCC(CC1)C(OC(=O)[C@](O)(c1ccccc1)C1CCCCC1)C2)Nc1ccncn1.[Br-]. The number of benzene rings is 1. The molecule has 4 aliphatic rings. The molecule has 2 N–H and O–H groups in total. The van der Waals surface area contributed by atoms with Crippen molar-refractivity contribution in [1.29, 1.82) is 0 Å². The molecule has 1 aromatic heterocycles. The number of fused-ring (bicyclic) bond motifs is 3. The summed E-state index contributed by atoms with van der Waals surface area (Å²) in [5.41, 5.74) is -1.02. The second kappa shape index (κ2) is 11.4. The standard InChI is InChI=1S/C27H34N4O4.BrH/c32-25(30-24-11-14-28-19-29-24)18-31-15-12-20(13-16-31)23(17-31)35-26(33)27(34,21-7-3-1-4-8-21)22-9-5-2-6-10-22;/h1,3-4,7-8,11,14,19-20,22-23,34H,2,5-6,9-10,12-13,15-18H2;1H/t20?,23?,27-,31?;/m0./s1. The fourth-order valence-corrected chi connectivity index (χ4v) is 6.39. The summed E-state index contributed by atoms with van der Waals surface area (Å²) in [4.78, 5) is 34.5. The number of aromatic nitrogens is 2. The third-order valence-electron chi connectivity index (χ3n) is 8.35. The highest BCUT2D eigenvalue weighted by atomic mass is 79.9. The van der Waals surface area contributed by atoms with Crippen LogP contribution in [0.2, 0.25) is 0 Å². The second-order valence-corrected chi connectivity index (χ2v) is 10.5. The Hall–Kier alpha value is -2.36. The number of anilines is 1. The lowest BCUT2D eigenvalue weighted by molar-refractivity contribution is -0.939. The van der Waals surface area contributed by atoms with E-state index in [0.717, 1.165) is 58.0 Å². The number of hydrogen-bond donors (Lipinski definition) is 2. The number of ether oxygens (including phenoxy) is 1. The first kappa shape index (κ1) is 26.7. The predicted molar refractivity (Wildman–Crippen MR) is 130 cm³/mol. The Labute approximate surface area is 222 Å². The van der Waals surface area contributed by atoms with Gasteiger partial charge in [0.25, 0.3) is 5.91 Å². The topological polar surface area (TPSA) is 101 Å². The van der Waals surface area contributed by atoms with Gasteiger partial charge in [0.1, 0.15) is 18.7 Å². The number of carbonyl (C=O) groups is 2. The molecule has 1 aliphatic carbocycles. The summed E-state index contributed by atoms with van der Waals surface area (Å²) in [7, 11) is 0. The van der Waals surface area contributed by atoms with Crippen molar-refractivity contribution >= 4 is 17.7 Å². The normalized spacial score (nSPS) is 27.4. The summed E-state index contributed by atoms with van der Waals surface area (Å²) < 4.78 is 6.76. The third-order valence-corrected chi connectivity index (χ3v) is 8.35. The van der Waals surface area contributed by atoms with Crippen LogP contribution in [0.3, 0.4) is 0 Å². The highest BCUT2D eigenvalue weighted by Gasteiger charge is 2.52. The van der Waals surface area contributed by atoms with Gasteiger partial charge < -0.3 is 36.6 Å². The Morgan fingerprint density at radius 3 is 2.44 bits per heavy atom. The van der Waals surface area contributed by atoms with Crippen LogP contribution >= 0.6 is 0 Å². The Balaban J connectivity index is 0.00000304. The van der Waals surface area contributed by atoms with E-state index in [-0.39, 0.29) is 40.8 Å². The lowest BCUT2D eigenvalue weighted by atomic mass is 9.73. The van der Waals surface area contributed by atoms with Gasteiger partial charge in [0.05, 0.1) is 13.1 Å². The number of aliphatic hydroxyl groups is 1. The summed E-state index contributed by atoms with van der Waals surface area (Å²) in [5, 5.41) is 14.8. The highest BCUT2D eigenvalue weighted by molar-refractivity contribution is 5.90. The summed E-state index contributed by atoms with van der Waals surface area (Å²) in [6, 6.07) is 10.9. The number of hydrogen-bond acceptors (Lipinski definition) is 6. The van der Waals surface area contributed by atoms with Crippen molar-refractivity contribution in [2.75, 3.05) is 31.5 Å². The number of nitrogens with zero attached hydrogens (tertiary/aromatic N) is 3. The van der Waals surface area contributed by atoms with Crippen molar-refractivity contribution in [2.45, 2.75) is 56.7 Å². The molecule has 8 nitrogen and oxygen atoms in total. The van der Waals surface area contributed by atoms with Gasteiger partial charge >= 0.3 is 5.97 Å². The van der Waals surface area contributed by atoms with Crippen molar-refractivity contribution in [2.24, 2.45) is 11.8 Å². The zero-order valence-corrected chi connectivity index (χ0v) is 22.1. The van der Waals surface area contributed by atoms with E-state index in [4.69, 9.17) is 4.74 Å². The van der Waals surface area contributed by atoms with Crippen molar-refractivity contribution in [3.63, 3.8) is 0 Å². The van der Waals surface area contributed by atoms with Crippen LogP contribution in [0.5, 0.6) is 0 Å². The molecule has 1 amide bonds. The molecule has 2 bridgehead atoms. The van der Waals surface area contributed by atoms with Gasteiger partial charge in [0.15, 0.2) is 18.2 Å². The molecule has 3 saturated heterocycles. The van der Waals surface area contributed by atoms with Crippen LogP contribution in [0.4, 0.5) is 5.82 Å². The molecule has 1 unspecified atom stereocenters. The van der Waals surface area contributed by atoms with E-state index in [1.165, 1.54) is 6.33 Å². The Morgan fingerprint density at radius 2 is 1.78 bits per heavy atom. The molecule has 4 fully saturated rings. The van der Waals surface area contributed by atoms with Crippen LogP contribution in [0, 0.1) is 11.8 Å². The lowest BCUT2D eigenvalue weighted by Crippen LogP contribution is -3.00. The quantitative estimate of drug-likeness (QED) is 0.367. The second-order valence-electron chi connectivity index (χ2n) is 10.5. The lowest BCUT2D eigenvalue weighted by Gasteiger charge is -2.52. The third kappa shape index (κ3) is 5.48. The van der Waals surface area contributed by atoms with E-state index in [1.54, 1.807) is 12.3 Å². The minimum atomic E-state index is -1.64. The Bertz CT molecular complexity index is 1030. The van der Waals surface area contributed by atoms with Crippen LogP contribution in [-0.2, 0) is 19.9 Å².